The van der Waals surface area contributed by atoms with Gasteiger partial charge in [0.1, 0.15) is 12.6 Å². The molecule has 0 aliphatic carbocycles. The number of nitrogens with one attached hydrogen (secondary N) is 1. The number of anilines is 1. The maximum absolute atomic E-state index is 14.2. The van der Waals surface area contributed by atoms with Crippen LogP contribution in [-0.2, 0) is 32.6 Å². The lowest BCUT2D eigenvalue weighted by molar-refractivity contribution is -0.140. The highest BCUT2D eigenvalue weighted by atomic mass is 35.5. The van der Waals surface area contributed by atoms with Crippen molar-refractivity contribution < 1.29 is 18.0 Å². The van der Waals surface area contributed by atoms with Gasteiger partial charge < -0.3 is 10.2 Å². The van der Waals surface area contributed by atoms with Crippen LogP contribution < -0.4 is 9.62 Å². The summed E-state index contributed by atoms with van der Waals surface area (Å²) in [5, 5.41) is 3.24. The third kappa shape index (κ3) is 8.85. The fraction of sp³-hybridized carbons (Fsp3) is 0.333. The van der Waals surface area contributed by atoms with Crippen molar-refractivity contribution in [3.8, 4) is 0 Å². The van der Waals surface area contributed by atoms with Crippen molar-refractivity contribution in [2.24, 2.45) is 0 Å². The molecule has 2 atom stereocenters. The van der Waals surface area contributed by atoms with Gasteiger partial charge in [-0.15, -0.1) is 0 Å². The van der Waals surface area contributed by atoms with Crippen LogP contribution in [0.1, 0.15) is 37.0 Å². The van der Waals surface area contributed by atoms with E-state index in [2.05, 4.69) is 5.32 Å². The molecule has 0 heterocycles. The Morgan fingerprint density at radius 2 is 1.54 bits per heavy atom. The molecule has 0 fully saturated rings. The topological polar surface area (TPSA) is 86.8 Å². The number of rotatable bonds is 12. The molecule has 0 aliphatic heterocycles. The summed E-state index contributed by atoms with van der Waals surface area (Å²) in [5.74, 6) is -0.912. The van der Waals surface area contributed by atoms with Crippen LogP contribution in [0.2, 0.25) is 15.1 Å². The zero-order valence-corrected chi connectivity index (χ0v) is 26.5. The van der Waals surface area contributed by atoms with Gasteiger partial charge in [-0.25, -0.2) is 8.42 Å². The van der Waals surface area contributed by atoms with E-state index in [0.29, 0.717) is 6.42 Å². The quantitative estimate of drug-likeness (QED) is 0.237. The van der Waals surface area contributed by atoms with Crippen molar-refractivity contribution in [3.05, 3.63) is 98.5 Å². The highest BCUT2D eigenvalue weighted by molar-refractivity contribution is 7.92. The van der Waals surface area contributed by atoms with Gasteiger partial charge in [-0.3, -0.25) is 13.9 Å². The number of amides is 2. The monoisotopic (exact) mass is 637 g/mol. The van der Waals surface area contributed by atoms with E-state index in [1.54, 1.807) is 0 Å². The molecule has 0 spiro atoms. The number of hydrogen-bond donors (Lipinski definition) is 1. The first-order chi connectivity index (χ1) is 19.3. The highest BCUT2D eigenvalue weighted by Crippen LogP contribution is 2.35. The van der Waals surface area contributed by atoms with Gasteiger partial charge in [-0.1, -0.05) is 96.3 Å². The first kappa shape index (κ1) is 32.7. The van der Waals surface area contributed by atoms with Gasteiger partial charge in [-0.2, -0.15) is 0 Å². The van der Waals surface area contributed by atoms with E-state index in [0.717, 1.165) is 27.3 Å². The Morgan fingerprint density at radius 1 is 0.927 bits per heavy atom. The fourth-order valence-corrected chi connectivity index (χ4v) is 5.81. The first-order valence-electron chi connectivity index (χ1n) is 13.1. The molecule has 3 aromatic carbocycles. The minimum absolute atomic E-state index is 0.0106. The molecule has 3 aromatic rings. The molecular weight excluding hydrogens is 605 g/mol. The van der Waals surface area contributed by atoms with Gasteiger partial charge in [0.15, 0.2) is 0 Å². The summed E-state index contributed by atoms with van der Waals surface area (Å²) in [4.78, 5) is 29.4. The van der Waals surface area contributed by atoms with E-state index >= 15 is 0 Å². The number of carbonyl (C=O) groups is 2. The summed E-state index contributed by atoms with van der Waals surface area (Å²) in [5.41, 5.74) is 2.62. The largest absolute Gasteiger partial charge is 0.352 e. The maximum atomic E-state index is 14.2. The molecule has 0 unspecified atom stereocenters. The summed E-state index contributed by atoms with van der Waals surface area (Å²) < 4.78 is 26.8. The lowest BCUT2D eigenvalue weighted by Gasteiger charge is -2.34. The Morgan fingerprint density at radius 3 is 2.15 bits per heavy atom. The molecule has 220 valence electrons. The average molecular weight is 639 g/mol. The van der Waals surface area contributed by atoms with Crippen LogP contribution in [0.4, 0.5) is 5.69 Å². The second-order valence-corrected chi connectivity index (χ2v) is 13.1. The molecule has 0 radical (unpaired) electrons. The van der Waals surface area contributed by atoms with Gasteiger partial charge in [-0.05, 0) is 49.1 Å². The van der Waals surface area contributed by atoms with Crippen molar-refractivity contribution in [2.75, 3.05) is 17.1 Å². The highest BCUT2D eigenvalue weighted by Gasteiger charge is 2.34. The zero-order valence-electron chi connectivity index (χ0n) is 23.4. The molecule has 41 heavy (non-hydrogen) atoms. The summed E-state index contributed by atoms with van der Waals surface area (Å²) in [7, 11) is -4.01. The second kappa shape index (κ2) is 14.4. The molecular formula is C30H34Cl3N3O4S. The Balaban J connectivity index is 2.11. The van der Waals surface area contributed by atoms with E-state index < -0.39 is 28.5 Å². The lowest BCUT2D eigenvalue weighted by atomic mass is 10.0. The van der Waals surface area contributed by atoms with Gasteiger partial charge in [0.25, 0.3) is 0 Å². The number of carbonyl (C=O) groups excluding carboxylic acids is 2. The zero-order chi connectivity index (χ0) is 30.3. The molecule has 3 rings (SSSR count). The van der Waals surface area contributed by atoms with Crippen LogP contribution in [0.25, 0.3) is 0 Å². The van der Waals surface area contributed by atoms with Crippen LogP contribution in [0, 0.1) is 6.92 Å². The number of nitrogens with zero attached hydrogens (tertiary/aromatic N) is 2. The molecule has 11 heteroatoms. The van der Waals surface area contributed by atoms with E-state index in [1.165, 1.54) is 17.0 Å². The van der Waals surface area contributed by atoms with E-state index in [1.807, 2.05) is 75.4 Å². The van der Waals surface area contributed by atoms with Crippen molar-refractivity contribution in [2.45, 2.75) is 52.2 Å². The molecule has 7 nitrogen and oxygen atoms in total. The predicted molar refractivity (Wildman–Crippen MR) is 167 cm³/mol. The van der Waals surface area contributed by atoms with E-state index in [4.69, 9.17) is 34.8 Å². The lowest BCUT2D eigenvalue weighted by Crippen LogP contribution is -2.54. The number of benzene rings is 3. The molecule has 0 saturated heterocycles. The van der Waals surface area contributed by atoms with Crippen LogP contribution in [0.5, 0.6) is 0 Å². The maximum Gasteiger partial charge on any atom is 0.244 e. The van der Waals surface area contributed by atoms with Gasteiger partial charge in [0.2, 0.25) is 21.8 Å². The number of aryl methyl sites for hydroxylation is 1. The number of halogens is 3. The Kier molecular flexibility index (Phi) is 11.5. The molecule has 1 N–H and O–H groups in total. The third-order valence-electron chi connectivity index (χ3n) is 6.81. The number of sulfonamides is 1. The van der Waals surface area contributed by atoms with Crippen LogP contribution in [0.15, 0.2) is 66.7 Å². The standard InChI is InChI=1S/C30H34Cl3N3O4S/c1-5-21(3)34-30(38)28(15-22-12-7-6-8-13-22)35(18-23-14-10-9-11-20(23)2)29(37)19-36(41(4,39)40)27-17-25(32)24(31)16-26(27)33/h6-14,16-17,21,28H,5,15,18-19H2,1-4H3,(H,34,38)/t21-,28+/m1/s1. The Labute approximate surface area is 257 Å². The van der Waals surface area contributed by atoms with Gasteiger partial charge >= 0.3 is 0 Å². The minimum Gasteiger partial charge on any atom is -0.352 e. The van der Waals surface area contributed by atoms with Crippen molar-refractivity contribution in [1.82, 2.24) is 10.2 Å². The van der Waals surface area contributed by atoms with E-state index in [-0.39, 0.29) is 45.7 Å². The van der Waals surface area contributed by atoms with Crippen molar-refractivity contribution in [1.29, 1.82) is 0 Å². The average Bonchev–Trinajstić information content (AvgIpc) is 2.92. The Bertz CT molecular complexity index is 1490. The third-order valence-corrected chi connectivity index (χ3v) is 8.96. The van der Waals surface area contributed by atoms with Gasteiger partial charge in [0.05, 0.1) is 27.0 Å². The summed E-state index contributed by atoms with van der Waals surface area (Å²) >= 11 is 18.6. The predicted octanol–water partition coefficient (Wildman–Crippen LogP) is 6.28. The molecule has 2 amide bonds. The Hall–Kier alpha value is -2.78. The van der Waals surface area contributed by atoms with E-state index in [9.17, 15) is 18.0 Å². The molecule has 0 aliphatic rings. The second-order valence-electron chi connectivity index (χ2n) is 9.96. The van der Waals surface area contributed by atoms with Crippen molar-refractivity contribution in [3.63, 3.8) is 0 Å². The van der Waals surface area contributed by atoms with Crippen LogP contribution in [-0.4, -0.2) is 50.0 Å². The summed E-state index contributed by atoms with van der Waals surface area (Å²) in [6.07, 6.45) is 1.91. The number of hydrogen-bond acceptors (Lipinski definition) is 4. The smallest absolute Gasteiger partial charge is 0.244 e. The normalized spacial score (nSPS) is 12.9. The molecule has 0 bridgehead atoms. The van der Waals surface area contributed by atoms with Crippen LogP contribution >= 0.6 is 34.8 Å². The summed E-state index contributed by atoms with van der Waals surface area (Å²) in [6, 6.07) is 18.5. The fourth-order valence-electron chi connectivity index (χ4n) is 4.26. The minimum atomic E-state index is -4.01. The van der Waals surface area contributed by atoms with Crippen molar-refractivity contribution >= 4 is 62.3 Å². The molecule has 0 saturated carbocycles. The van der Waals surface area contributed by atoms with Crippen LogP contribution in [0.3, 0.4) is 0 Å². The SMILES string of the molecule is CC[C@@H](C)NC(=O)[C@H](Cc1ccccc1)N(Cc1ccccc1C)C(=O)CN(c1cc(Cl)c(Cl)cc1Cl)S(C)(=O)=O. The summed E-state index contributed by atoms with van der Waals surface area (Å²) in [6.45, 7) is 5.25. The van der Waals surface area contributed by atoms with Gasteiger partial charge in [0, 0.05) is 19.0 Å². The molecule has 0 aromatic heterocycles. The first-order valence-corrected chi connectivity index (χ1v) is 16.1.